The van der Waals surface area contributed by atoms with Crippen molar-refractivity contribution in [3.05, 3.63) is 84.4 Å². The smallest absolute Gasteiger partial charge is 0.247 e. The van der Waals surface area contributed by atoms with Crippen LogP contribution < -0.4 is 25.3 Å². The van der Waals surface area contributed by atoms with Gasteiger partial charge in [0.1, 0.15) is 23.7 Å². The predicted octanol–water partition coefficient (Wildman–Crippen LogP) is 5.80. The molecule has 48 heavy (non-hydrogen) atoms. The van der Waals surface area contributed by atoms with Crippen LogP contribution in [0.15, 0.2) is 68.0 Å². The van der Waals surface area contributed by atoms with Crippen LogP contribution >= 0.6 is 11.6 Å². The highest BCUT2D eigenvalue weighted by Gasteiger charge is 2.31. The van der Waals surface area contributed by atoms with Gasteiger partial charge in [-0.2, -0.15) is 0 Å². The molecule has 6 rings (SSSR count). The van der Waals surface area contributed by atoms with Crippen LogP contribution in [0, 0.1) is 5.82 Å². The maximum Gasteiger partial charge on any atom is 0.247 e. The number of rotatable bonds is 11. The van der Waals surface area contributed by atoms with Gasteiger partial charge in [0.15, 0.2) is 5.82 Å². The molecule has 3 aliphatic heterocycles. The van der Waals surface area contributed by atoms with Gasteiger partial charge in [0.05, 0.1) is 41.8 Å². The SMILES string of the molecule is C=CCN1CCN(C2CCN(c3cc(OC)c(Nc4cc(N5OCC[C@@H]5c5ccc(F)c(Cl)c5)ncn4)cc3NC(=O)C=C)CC2)CC1. The van der Waals surface area contributed by atoms with Gasteiger partial charge in [-0.1, -0.05) is 30.3 Å². The molecule has 3 fully saturated rings. The molecule has 3 saturated heterocycles. The summed E-state index contributed by atoms with van der Waals surface area (Å²) in [6.45, 7) is 14.9. The summed E-state index contributed by atoms with van der Waals surface area (Å²) in [6.07, 6.45) is 7.43. The molecule has 3 aliphatic rings. The molecule has 0 spiro atoms. The van der Waals surface area contributed by atoms with Gasteiger partial charge in [0.2, 0.25) is 5.91 Å². The summed E-state index contributed by atoms with van der Waals surface area (Å²) in [4.78, 5) is 34.7. The number of piperidine rings is 1. The number of halogens is 2. The van der Waals surface area contributed by atoms with E-state index in [1.54, 1.807) is 30.4 Å². The summed E-state index contributed by atoms with van der Waals surface area (Å²) in [6, 6.07) is 10.6. The number of anilines is 5. The van der Waals surface area contributed by atoms with Crippen molar-refractivity contribution in [2.24, 2.45) is 0 Å². The fourth-order valence-corrected chi connectivity index (χ4v) is 6.93. The highest BCUT2D eigenvalue weighted by molar-refractivity contribution is 6.30. The van der Waals surface area contributed by atoms with Gasteiger partial charge < -0.3 is 20.3 Å². The summed E-state index contributed by atoms with van der Waals surface area (Å²) < 4.78 is 19.7. The molecule has 2 aromatic carbocycles. The first kappa shape index (κ1) is 33.7. The van der Waals surface area contributed by atoms with Crippen LogP contribution in [0.5, 0.6) is 5.75 Å². The van der Waals surface area contributed by atoms with Gasteiger partial charge in [-0.25, -0.2) is 19.4 Å². The standard InChI is InChI=1S/C35H42ClFN8O3/c1-4-11-42-14-16-43(17-15-42)25-8-12-44(13-9-25)31-21-32(47-3)29(20-28(31)41-35(46)5-2)40-33-22-34(39-23-38-33)45-30(10-18-48-45)24-6-7-27(37)26(36)19-24/h4-7,19-23,25,30H,1-2,8-18H2,3H3,(H,41,46)(H,38,39,40)/t30-/m1/s1. The maximum absolute atomic E-state index is 13.8. The molecule has 4 heterocycles. The fourth-order valence-electron chi connectivity index (χ4n) is 6.74. The van der Waals surface area contributed by atoms with Gasteiger partial charge in [-0.05, 0) is 42.7 Å². The number of benzene rings is 2. The van der Waals surface area contributed by atoms with Crippen molar-refractivity contribution < 1.29 is 18.8 Å². The molecule has 1 atom stereocenters. The molecule has 11 nitrogen and oxygen atoms in total. The number of piperazine rings is 1. The summed E-state index contributed by atoms with van der Waals surface area (Å²) in [5.74, 6) is 0.838. The zero-order chi connectivity index (χ0) is 33.6. The minimum Gasteiger partial charge on any atom is -0.494 e. The van der Waals surface area contributed by atoms with Gasteiger partial charge in [0, 0.05) is 70.4 Å². The summed E-state index contributed by atoms with van der Waals surface area (Å²) >= 11 is 6.07. The molecule has 0 radical (unpaired) electrons. The number of ether oxygens (including phenoxy) is 1. The number of aromatic nitrogens is 2. The Bertz CT molecular complexity index is 1630. The minimum atomic E-state index is -0.471. The highest BCUT2D eigenvalue weighted by atomic mass is 35.5. The molecular formula is C35H42ClFN8O3. The molecule has 0 bridgehead atoms. The van der Waals surface area contributed by atoms with Crippen molar-refractivity contribution in [2.45, 2.75) is 31.3 Å². The molecular weight excluding hydrogens is 635 g/mol. The lowest BCUT2D eigenvalue weighted by molar-refractivity contribution is -0.111. The number of hydrogen-bond acceptors (Lipinski definition) is 10. The lowest BCUT2D eigenvalue weighted by atomic mass is 10.0. The van der Waals surface area contributed by atoms with Gasteiger partial charge in [-0.15, -0.1) is 6.58 Å². The molecule has 1 amide bonds. The van der Waals surface area contributed by atoms with Crippen LogP contribution in [0.1, 0.15) is 30.9 Å². The quantitative estimate of drug-likeness (QED) is 0.192. The minimum absolute atomic E-state index is 0.0571. The van der Waals surface area contributed by atoms with Crippen molar-refractivity contribution in [3.63, 3.8) is 0 Å². The first-order valence-corrected chi connectivity index (χ1v) is 16.7. The van der Waals surface area contributed by atoms with Gasteiger partial charge in [0.25, 0.3) is 0 Å². The number of hydroxylamine groups is 1. The van der Waals surface area contributed by atoms with E-state index in [0.29, 0.717) is 47.8 Å². The molecule has 13 heteroatoms. The Labute approximate surface area is 285 Å². The topological polar surface area (TPSA) is 98.3 Å². The third kappa shape index (κ3) is 7.57. The van der Waals surface area contributed by atoms with Crippen molar-refractivity contribution in [2.75, 3.05) is 80.1 Å². The van der Waals surface area contributed by atoms with E-state index in [0.717, 1.165) is 69.9 Å². The zero-order valence-corrected chi connectivity index (χ0v) is 28.0. The lowest BCUT2D eigenvalue weighted by Crippen LogP contribution is -2.53. The second-order valence-electron chi connectivity index (χ2n) is 12.1. The Hall–Kier alpha value is -4.23. The van der Waals surface area contributed by atoms with E-state index >= 15 is 0 Å². The Kier molecular flexibility index (Phi) is 10.8. The van der Waals surface area contributed by atoms with Crippen molar-refractivity contribution in [3.8, 4) is 5.75 Å². The second-order valence-corrected chi connectivity index (χ2v) is 12.5. The summed E-state index contributed by atoms with van der Waals surface area (Å²) in [5.41, 5.74) is 2.96. The average molecular weight is 677 g/mol. The third-order valence-electron chi connectivity index (χ3n) is 9.25. The number of carbonyl (C=O) groups excluding carboxylic acids is 1. The third-order valence-corrected chi connectivity index (χ3v) is 9.54. The predicted molar refractivity (Wildman–Crippen MR) is 188 cm³/mol. The number of carbonyl (C=O) groups is 1. The van der Waals surface area contributed by atoms with E-state index in [4.69, 9.17) is 21.2 Å². The van der Waals surface area contributed by atoms with E-state index in [2.05, 4.69) is 48.5 Å². The highest BCUT2D eigenvalue weighted by Crippen LogP contribution is 2.41. The monoisotopic (exact) mass is 676 g/mol. The fraction of sp³-hybridized carbons (Fsp3) is 0.400. The summed E-state index contributed by atoms with van der Waals surface area (Å²) in [5, 5.41) is 8.09. The van der Waals surface area contributed by atoms with Crippen LogP contribution in [-0.4, -0.2) is 91.2 Å². The Balaban J connectivity index is 1.20. The molecule has 1 aromatic heterocycles. The molecule has 3 aromatic rings. The first-order valence-electron chi connectivity index (χ1n) is 16.3. The number of amides is 1. The van der Waals surface area contributed by atoms with E-state index in [1.807, 2.05) is 18.2 Å². The van der Waals surface area contributed by atoms with Crippen LogP contribution in [0.4, 0.5) is 33.1 Å². The number of nitrogens with zero attached hydrogens (tertiary/aromatic N) is 6. The largest absolute Gasteiger partial charge is 0.494 e. The van der Waals surface area contributed by atoms with E-state index in [9.17, 15) is 9.18 Å². The Morgan fingerprint density at radius 3 is 2.56 bits per heavy atom. The van der Waals surface area contributed by atoms with Gasteiger partial charge >= 0.3 is 0 Å². The van der Waals surface area contributed by atoms with E-state index in [1.165, 1.54) is 18.5 Å². The van der Waals surface area contributed by atoms with E-state index in [-0.39, 0.29) is 17.0 Å². The van der Waals surface area contributed by atoms with Crippen LogP contribution in [0.2, 0.25) is 5.02 Å². The van der Waals surface area contributed by atoms with Crippen LogP contribution in [0.3, 0.4) is 0 Å². The molecule has 0 saturated carbocycles. The van der Waals surface area contributed by atoms with Gasteiger partial charge in [-0.3, -0.25) is 19.4 Å². The number of hydrogen-bond donors (Lipinski definition) is 2. The lowest BCUT2D eigenvalue weighted by Gasteiger charge is -2.43. The Morgan fingerprint density at radius 2 is 1.85 bits per heavy atom. The molecule has 0 aliphatic carbocycles. The average Bonchev–Trinajstić information content (AvgIpc) is 3.61. The first-order chi connectivity index (χ1) is 23.4. The van der Waals surface area contributed by atoms with Crippen LogP contribution in [-0.2, 0) is 9.63 Å². The second kappa shape index (κ2) is 15.3. The van der Waals surface area contributed by atoms with Crippen molar-refractivity contribution >= 4 is 46.2 Å². The molecule has 2 N–H and O–H groups in total. The molecule has 254 valence electrons. The van der Waals surface area contributed by atoms with Crippen molar-refractivity contribution in [1.29, 1.82) is 0 Å². The van der Waals surface area contributed by atoms with Crippen molar-refractivity contribution in [1.82, 2.24) is 19.8 Å². The van der Waals surface area contributed by atoms with E-state index < -0.39 is 5.82 Å². The number of methoxy groups -OCH3 is 1. The molecule has 0 unspecified atom stereocenters. The summed E-state index contributed by atoms with van der Waals surface area (Å²) in [7, 11) is 1.62. The maximum atomic E-state index is 13.8. The zero-order valence-electron chi connectivity index (χ0n) is 27.2. The Morgan fingerprint density at radius 1 is 1.06 bits per heavy atom. The number of nitrogens with one attached hydrogen (secondary N) is 2. The normalized spacial score (nSPS) is 19.3. The van der Waals surface area contributed by atoms with Crippen LogP contribution in [0.25, 0.3) is 0 Å².